The molecule has 0 aliphatic carbocycles. The maximum atomic E-state index is 9.41. The van der Waals surface area contributed by atoms with Crippen molar-refractivity contribution >= 4 is 17.9 Å². The average Bonchev–Trinajstić information content (AvgIpc) is 2.77. The number of nitrogen functional groups attached to an aromatic ring is 1. The fourth-order valence-electron chi connectivity index (χ4n) is 1.22. The molecule has 4 N–H and O–H groups in total. The summed E-state index contributed by atoms with van der Waals surface area (Å²) >= 11 is 0. The van der Waals surface area contributed by atoms with E-state index in [1.807, 2.05) is 0 Å². The van der Waals surface area contributed by atoms with Crippen LogP contribution >= 0.6 is 0 Å². The lowest BCUT2D eigenvalue weighted by atomic mass is 10.2. The summed E-state index contributed by atoms with van der Waals surface area (Å²) in [7, 11) is 1.47. The van der Waals surface area contributed by atoms with Crippen molar-refractivity contribution in [3.05, 3.63) is 23.8 Å². The van der Waals surface area contributed by atoms with Gasteiger partial charge in [0.2, 0.25) is 11.6 Å². The number of hydrazone groups is 1. The predicted molar refractivity (Wildman–Crippen MR) is 64.6 cm³/mol. The zero-order chi connectivity index (χ0) is 13.0. The smallest absolute Gasteiger partial charge is 0.235 e. The van der Waals surface area contributed by atoms with Gasteiger partial charge in [0.1, 0.15) is 0 Å². The molecule has 2 aromatic rings. The van der Waals surface area contributed by atoms with Crippen LogP contribution in [0.1, 0.15) is 5.56 Å². The summed E-state index contributed by atoms with van der Waals surface area (Å²) in [6, 6.07) is 4.81. The van der Waals surface area contributed by atoms with Crippen LogP contribution in [0.3, 0.4) is 0 Å². The molecule has 18 heavy (non-hydrogen) atoms. The van der Waals surface area contributed by atoms with Crippen molar-refractivity contribution < 1.29 is 14.5 Å². The number of nitrogens with two attached hydrogens (primary N) is 1. The highest BCUT2D eigenvalue weighted by Crippen LogP contribution is 2.25. The molecule has 8 heteroatoms. The minimum atomic E-state index is 0.0626. The Balaban J connectivity index is 2.07. The number of rotatable bonds is 4. The lowest BCUT2D eigenvalue weighted by molar-refractivity contribution is 0.310. The van der Waals surface area contributed by atoms with Crippen molar-refractivity contribution in [2.45, 2.75) is 0 Å². The van der Waals surface area contributed by atoms with E-state index in [1.54, 1.807) is 12.1 Å². The molecule has 0 aliphatic heterocycles. The van der Waals surface area contributed by atoms with Gasteiger partial charge in [0.25, 0.3) is 0 Å². The van der Waals surface area contributed by atoms with Gasteiger partial charge in [-0.05, 0) is 34.1 Å². The van der Waals surface area contributed by atoms with Crippen LogP contribution in [-0.4, -0.2) is 28.7 Å². The third-order valence-corrected chi connectivity index (χ3v) is 2.10. The molecule has 0 aliphatic rings. The van der Waals surface area contributed by atoms with Gasteiger partial charge in [-0.15, -0.1) is 0 Å². The van der Waals surface area contributed by atoms with Gasteiger partial charge in [-0.1, -0.05) is 0 Å². The molecule has 1 heterocycles. The van der Waals surface area contributed by atoms with Gasteiger partial charge < -0.3 is 15.6 Å². The zero-order valence-corrected chi connectivity index (χ0v) is 9.49. The molecule has 0 saturated heterocycles. The van der Waals surface area contributed by atoms with Gasteiger partial charge in [-0.25, -0.2) is 4.63 Å². The number of nitrogens with zero attached hydrogens (tertiary/aromatic N) is 3. The van der Waals surface area contributed by atoms with E-state index in [1.165, 1.54) is 19.4 Å². The largest absolute Gasteiger partial charge is 0.504 e. The van der Waals surface area contributed by atoms with Crippen molar-refractivity contribution in [1.82, 2.24) is 10.3 Å². The van der Waals surface area contributed by atoms with E-state index in [0.717, 1.165) is 5.56 Å². The Morgan fingerprint density at radius 3 is 3.00 bits per heavy atom. The molecule has 0 saturated carbocycles. The van der Waals surface area contributed by atoms with Crippen molar-refractivity contribution in [3.63, 3.8) is 0 Å². The summed E-state index contributed by atoms with van der Waals surface area (Å²) in [5.74, 6) is 0.779. The number of benzene rings is 1. The number of nitrogens with one attached hydrogen (secondary N) is 1. The third-order valence-electron chi connectivity index (χ3n) is 2.10. The molecular weight excluding hydrogens is 238 g/mol. The van der Waals surface area contributed by atoms with E-state index >= 15 is 0 Å². The normalized spacial score (nSPS) is 10.7. The van der Waals surface area contributed by atoms with Gasteiger partial charge in [0.05, 0.1) is 13.3 Å². The summed E-state index contributed by atoms with van der Waals surface area (Å²) in [6.07, 6.45) is 1.51. The second kappa shape index (κ2) is 5.04. The topological polar surface area (TPSA) is 119 Å². The fraction of sp³-hybridized carbons (Fsp3) is 0.100. The molecule has 0 bridgehead atoms. The van der Waals surface area contributed by atoms with Crippen LogP contribution in [0.15, 0.2) is 27.9 Å². The minimum Gasteiger partial charge on any atom is -0.504 e. The minimum absolute atomic E-state index is 0.0626. The quantitative estimate of drug-likeness (QED) is 0.541. The van der Waals surface area contributed by atoms with Crippen LogP contribution in [0.5, 0.6) is 11.5 Å². The SMILES string of the molecule is COc1cc(/C=N\Nc2nonc2N)ccc1O. The number of phenolic OH excluding ortho intramolecular Hbond substituents is 1. The Labute approximate surface area is 102 Å². The number of aromatic nitrogens is 2. The molecule has 2 rings (SSSR count). The summed E-state index contributed by atoms with van der Waals surface area (Å²) in [4.78, 5) is 0. The number of hydrogen-bond donors (Lipinski definition) is 3. The Morgan fingerprint density at radius 2 is 2.33 bits per heavy atom. The van der Waals surface area contributed by atoms with Crippen LogP contribution < -0.4 is 15.9 Å². The first kappa shape index (κ1) is 11.7. The highest BCUT2D eigenvalue weighted by Gasteiger charge is 2.03. The molecule has 0 atom stereocenters. The van der Waals surface area contributed by atoms with Gasteiger partial charge >= 0.3 is 0 Å². The van der Waals surface area contributed by atoms with Crippen molar-refractivity contribution in [2.24, 2.45) is 5.10 Å². The van der Waals surface area contributed by atoms with Crippen molar-refractivity contribution in [2.75, 3.05) is 18.3 Å². The van der Waals surface area contributed by atoms with E-state index in [4.69, 9.17) is 10.5 Å². The summed E-state index contributed by atoms with van der Waals surface area (Å²) < 4.78 is 9.35. The number of phenols is 1. The molecule has 1 aromatic carbocycles. The van der Waals surface area contributed by atoms with Gasteiger partial charge in [0.15, 0.2) is 11.5 Å². The Kier molecular flexibility index (Phi) is 3.28. The van der Waals surface area contributed by atoms with Crippen LogP contribution in [0.4, 0.5) is 11.6 Å². The fourth-order valence-corrected chi connectivity index (χ4v) is 1.22. The second-order valence-electron chi connectivity index (χ2n) is 3.30. The highest BCUT2D eigenvalue weighted by molar-refractivity contribution is 5.81. The third kappa shape index (κ3) is 2.48. The second-order valence-corrected chi connectivity index (χ2v) is 3.30. The number of hydrogen-bond acceptors (Lipinski definition) is 8. The van der Waals surface area contributed by atoms with E-state index < -0.39 is 0 Å². The number of anilines is 2. The molecule has 0 fully saturated rings. The number of methoxy groups -OCH3 is 1. The Morgan fingerprint density at radius 1 is 1.50 bits per heavy atom. The molecule has 0 amide bonds. The molecular formula is C10H11N5O3. The van der Waals surface area contributed by atoms with Crippen LogP contribution in [-0.2, 0) is 0 Å². The van der Waals surface area contributed by atoms with E-state index in [0.29, 0.717) is 5.75 Å². The van der Waals surface area contributed by atoms with E-state index in [9.17, 15) is 5.11 Å². The van der Waals surface area contributed by atoms with Gasteiger partial charge in [-0.3, -0.25) is 5.43 Å². The number of ether oxygens (including phenoxy) is 1. The van der Waals surface area contributed by atoms with Gasteiger partial charge in [0, 0.05) is 0 Å². The van der Waals surface area contributed by atoms with Crippen LogP contribution in [0.25, 0.3) is 0 Å². The molecule has 0 spiro atoms. The van der Waals surface area contributed by atoms with Crippen molar-refractivity contribution in [1.29, 1.82) is 0 Å². The average molecular weight is 249 g/mol. The van der Waals surface area contributed by atoms with Crippen LogP contribution in [0.2, 0.25) is 0 Å². The lowest BCUT2D eigenvalue weighted by Crippen LogP contribution is -1.95. The summed E-state index contributed by atoms with van der Waals surface area (Å²) in [5, 5.41) is 20.2. The first-order chi connectivity index (χ1) is 8.70. The molecule has 94 valence electrons. The first-order valence-electron chi connectivity index (χ1n) is 4.95. The number of aromatic hydroxyl groups is 1. The monoisotopic (exact) mass is 249 g/mol. The Bertz CT molecular complexity index is 566. The zero-order valence-electron chi connectivity index (χ0n) is 9.49. The predicted octanol–water partition coefficient (Wildman–Crippen LogP) is 0.812. The Hall–Kier alpha value is -2.77. The molecule has 8 nitrogen and oxygen atoms in total. The molecule has 0 radical (unpaired) electrons. The maximum Gasteiger partial charge on any atom is 0.235 e. The van der Waals surface area contributed by atoms with Crippen LogP contribution in [0, 0.1) is 0 Å². The standard InChI is InChI=1S/C10H11N5O3/c1-17-8-4-6(2-3-7(8)16)5-12-13-10-9(11)14-18-15-10/h2-5,16H,1H3,(H2,11,14)(H,13,15)/b12-5-. The first-order valence-corrected chi connectivity index (χ1v) is 4.95. The highest BCUT2D eigenvalue weighted by atomic mass is 16.6. The van der Waals surface area contributed by atoms with E-state index in [-0.39, 0.29) is 17.4 Å². The van der Waals surface area contributed by atoms with Gasteiger partial charge in [-0.2, -0.15) is 5.10 Å². The van der Waals surface area contributed by atoms with Crippen molar-refractivity contribution in [3.8, 4) is 11.5 Å². The molecule has 1 aromatic heterocycles. The summed E-state index contributed by atoms with van der Waals surface area (Å²) in [5.41, 5.74) is 8.72. The molecule has 0 unspecified atom stereocenters. The van der Waals surface area contributed by atoms with E-state index in [2.05, 4.69) is 25.5 Å². The summed E-state index contributed by atoms with van der Waals surface area (Å²) in [6.45, 7) is 0. The lowest BCUT2D eigenvalue weighted by Gasteiger charge is -2.03. The maximum absolute atomic E-state index is 9.41.